The zero-order valence-electron chi connectivity index (χ0n) is 23.4. The molecule has 0 saturated carbocycles. The van der Waals surface area contributed by atoms with Crippen LogP contribution in [0, 0.1) is 5.92 Å². The lowest BCUT2D eigenvalue weighted by Crippen LogP contribution is -2.23. The van der Waals surface area contributed by atoms with E-state index in [9.17, 15) is 0 Å². The van der Waals surface area contributed by atoms with Crippen LogP contribution in [0.5, 0.6) is 0 Å². The normalized spacial score (nSPS) is 15.0. The predicted octanol–water partition coefficient (Wildman–Crippen LogP) is 8.22. The number of aliphatic imine (C=N–C) groups is 1. The zero-order chi connectivity index (χ0) is 27.8. The van der Waals surface area contributed by atoms with E-state index >= 15 is 0 Å². The van der Waals surface area contributed by atoms with E-state index in [1.165, 1.54) is 48.6 Å². The standard InChI is InChI=1S/C38H32NOP/c1-26(2)34-25-40-38(39-34)33-23-21-27-13-9-11-19-31(27)36(33)37-32-20-12-10-14-28(32)22-24-35(37)41(29-15-5-3-6-16-29)30-17-7-4-8-18-30/h3-24,26,34H,25H2,1-2H3/t34-/m0/s1. The van der Waals surface area contributed by atoms with Crippen LogP contribution < -0.4 is 15.9 Å². The lowest BCUT2D eigenvalue weighted by atomic mass is 9.90. The van der Waals surface area contributed by atoms with Crippen LogP contribution in [0.4, 0.5) is 0 Å². The molecule has 0 spiro atoms. The summed E-state index contributed by atoms with van der Waals surface area (Å²) >= 11 is 0. The molecule has 6 aromatic rings. The zero-order valence-corrected chi connectivity index (χ0v) is 24.3. The molecule has 3 heteroatoms. The Morgan fingerprint density at radius 2 is 1.15 bits per heavy atom. The van der Waals surface area contributed by atoms with E-state index < -0.39 is 7.92 Å². The summed E-state index contributed by atoms with van der Waals surface area (Å²) in [7, 11) is -0.843. The van der Waals surface area contributed by atoms with Gasteiger partial charge in [0.25, 0.3) is 0 Å². The molecule has 0 bridgehead atoms. The molecule has 1 atom stereocenters. The van der Waals surface area contributed by atoms with Crippen molar-refractivity contribution in [3.8, 4) is 11.1 Å². The fraction of sp³-hybridized carbons (Fsp3) is 0.132. The van der Waals surface area contributed by atoms with Crippen molar-refractivity contribution in [2.24, 2.45) is 10.9 Å². The van der Waals surface area contributed by atoms with Crippen molar-refractivity contribution in [3.05, 3.63) is 139 Å². The average molecular weight is 550 g/mol. The summed E-state index contributed by atoms with van der Waals surface area (Å²) in [6.07, 6.45) is 0. The molecule has 6 aromatic carbocycles. The maximum Gasteiger partial charge on any atom is 0.217 e. The van der Waals surface area contributed by atoms with Crippen LogP contribution >= 0.6 is 7.92 Å². The van der Waals surface area contributed by atoms with Gasteiger partial charge in [0.05, 0.1) is 6.04 Å². The Labute approximate surface area is 243 Å². The monoisotopic (exact) mass is 549 g/mol. The Morgan fingerprint density at radius 3 is 1.73 bits per heavy atom. The Bertz CT molecular complexity index is 1840. The van der Waals surface area contributed by atoms with Crippen molar-refractivity contribution in [2.75, 3.05) is 6.61 Å². The summed E-state index contributed by atoms with van der Waals surface area (Å²) in [4.78, 5) is 5.12. The molecule has 0 fully saturated rings. The van der Waals surface area contributed by atoms with Gasteiger partial charge in [-0.05, 0) is 62.9 Å². The topological polar surface area (TPSA) is 21.6 Å². The van der Waals surface area contributed by atoms with E-state index in [0.717, 1.165) is 11.5 Å². The van der Waals surface area contributed by atoms with Crippen LogP contribution in [-0.2, 0) is 4.74 Å². The quantitative estimate of drug-likeness (QED) is 0.192. The number of hydrogen-bond acceptors (Lipinski definition) is 2. The Morgan fingerprint density at radius 1 is 0.610 bits per heavy atom. The molecule has 0 aliphatic carbocycles. The fourth-order valence-electron chi connectivity index (χ4n) is 5.89. The van der Waals surface area contributed by atoms with E-state index in [1.807, 2.05) is 0 Å². The molecule has 0 aromatic heterocycles. The first-order valence-corrected chi connectivity index (χ1v) is 15.7. The number of ether oxygens (including phenoxy) is 1. The minimum Gasteiger partial charge on any atom is -0.475 e. The second-order valence-electron chi connectivity index (χ2n) is 11.0. The Balaban J connectivity index is 1.60. The summed E-state index contributed by atoms with van der Waals surface area (Å²) in [6.45, 7) is 5.07. The number of fused-ring (bicyclic) bond motifs is 2. The molecule has 1 aliphatic rings. The van der Waals surface area contributed by atoms with Gasteiger partial charge in [-0.2, -0.15) is 0 Å². The van der Waals surface area contributed by atoms with Crippen molar-refractivity contribution in [1.82, 2.24) is 0 Å². The van der Waals surface area contributed by atoms with Crippen LogP contribution in [0.3, 0.4) is 0 Å². The van der Waals surface area contributed by atoms with E-state index in [1.54, 1.807) is 0 Å². The summed E-state index contributed by atoms with van der Waals surface area (Å²) < 4.78 is 6.36. The second-order valence-corrected chi connectivity index (χ2v) is 13.1. The van der Waals surface area contributed by atoms with E-state index in [2.05, 4.69) is 147 Å². The van der Waals surface area contributed by atoms with Crippen molar-refractivity contribution in [3.63, 3.8) is 0 Å². The lowest BCUT2D eigenvalue weighted by Gasteiger charge is -2.25. The molecule has 1 aliphatic heterocycles. The molecule has 7 rings (SSSR count). The van der Waals surface area contributed by atoms with Crippen LogP contribution in [0.25, 0.3) is 32.7 Å². The molecule has 0 unspecified atom stereocenters. The van der Waals surface area contributed by atoms with Crippen LogP contribution in [0.15, 0.2) is 138 Å². The maximum atomic E-state index is 6.36. The first-order chi connectivity index (χ1) is 20.2. The molecular formula is C38H32NOP. The number of benzene rings is 6. The van der Waals surface area contributed by atoms with Gasteiger partial charge >= 0.3 is 0 Å². The lowest BCUT2D eigenvalue weighted by molar-refractivity contribution is 0.292. The number of rotatable bonds is 6. The Kier molecular flexibility index (Phi) is 6.87. The third-order valence-electron chi connectivity index (χ3n) is 8.03. The molecule has 0 saturated heterocycles. The van der Waals surface area contributed by atoms with Gasteiger partial charge in [0.1, 0.15) is 6.61 Å². The molecule has 0 N–H and O–H groups in total. The smallest absolute Gasteiger partial charge is 0.217 e. The van der Waals surface area contributed by atoms with Crippen LogP contribution in [0.1, 0.15) is 19.4 Å². The van der Waals surface area contributed by atoms with E-state index in [4.69, 9.17) is 9.73 Å². The fourth-order valence-corrected chi connectivity index (χ4v) is 8.36. The van der Waals surface area contributed by atoms with E-state index in [-0.39, 0.29) is 6.04 Å². The van der Waals surface area contributed by atoms with Gasteiger partial charge in [0.15, 0.2) is 0 Å². The Hall–Kier alpha value is -4.26. The first kappa shape index (κ1) is 25.7. The van der Waals surface area contributed by atoms with Crippen LogP contribution in [-0.4, -0.2) is 18.5 Å². The van der Waals surface area contributed by atoms with E-state index in [0.29, 0.717) is 12.5 Å². The number of hydrogen-bond donors (Lipinski definition) is 0. The highest BCUT2D eigenvalue weighted by atomic mass is 31.1. The molecule has 0 amide bonds. The SMILES string of the molecule is CC(C)[C@@H]1COC(c2ccc3ccccc3c2-c2c(P(c3ccccc3)c3ccccc3)ccc3ccccc23)=N1. The number of nitrogens with zero attached hydrogens (tertiary/aromatic N) is 1. The molecule has 1 heterocycles. The summed E-state index contributed by atoms with van der Waals surface area (Å²) in [5.41, 5.74) is 3.55. The maximum absolute atomic E-state index is 6.36. The summed E-state index contributed by atoms with van der Waals surface area (Å²) in [5, 5.41) is 8.93. The third-order valence-corrected chi connectivity index (χ3v) is 10.5. The molecule has 41 heavy (non-hydrogen) atoms. The highest BCUT2D eigenvalue weighted by molar-refractivity contribution is 7.80. The van der Waals surface area contributed by atoms with Crippen molar-refractivity contribution in [1.29, 1.82) is 0 Å². The van der Waals surface area contributed by atoms with Gasteiger partial charge in [-0.25, -0.2) is 4.99 Å². The molecular weight excluding hydrogens is 517 g/mol. The second kappa shape index (κ2) is 11.0. The highest BCUT2D eigenvalue weighted by Gasteiger charge is 2.29. The van der Waals surface area contributed by atoms with Gasteiger partial charge in [-0.1, -0.05) is 141 Å². The molecule has 200 valence electrons. The summed E-state index contributed by atoms with van der Waals surface area (Å²) in [5.74, 6) is 1.18. The highest BCUT2D eigenvalue weighted by Crippen LogP contribution is 2.44. The minimum absolute atomic E-state index is 0.169. The molecule has 2 nitrogen and oxygen atoms in total. The van der Waals surface area contributed by atoms with Crippen molar-refractivity contribution >= 4 is 51.3 Å². The van der Waals surface area contributed by atoms with Gasteiger partial charge in [0.2, 0.25) is 5.90 Å². The van der Waals surface area contributed by atoms with Gasteiger partial charge in [0, 0.05) is 11.1 Å². The largest absolute Gasteiger partial charge is 0.475 e. The van der Waals surface area contributed by atoms with Crippen molar-refractivity contribution < 1.29 is 4.74 Å². The van der Waals surface area contributed by atoms with Gasteiger partial charge in [-0.3, -0.25) is 0 Å². The van der Waals surface area contributed by atoms with Crippen LogP contribution in [0.2, 0.25) is 0 Å². The minimum atomic E-state index is -0.843. The predicted molar refractivity (Wildman–Crippen MR) is 177 cm³/mol. The molecule has 0 radical (unpaired) electrons. The third kappa shape index (κ3) is 4.73. The van der Waals surface area contributed by atoms with Crippen molar-refractivity contribution in [2.45, 2.75) is 19.9 Å². The average Bonchev–Trinajstić information content (AvgIpc) is 3.53. The first-order valence-electron chi connectivity index (χ1n) is 14.3. The van der Waals surface area contributed by atoms with Gasteiger partial charge in [-0.15, -0.1) is 0 Å². The van der Waals surface area contributed by atoms with Gasteiger partial charge < -0.3 is 4.74 Å². The summed E-state index contributed by atoms with van der Waals surface area (Å²) in [6, 6.07) is 48.7.